The van der Waals surface area contributed by atoms with Crippen molar-refractivity contribution in [2.45, 2.75) is 0 Å². The molecule has 0 aliphatic heterocycles. The van der Waals surface area contributed by atoms with Crippen molar-refractivity contribution < 1.29 is 19.2 Å². The van der Waals surface area contributed by atoms with Gasteiger partial charge < -0.3 is 9.47 Å². The summed E-state index contributed by atoms with van der Waals surface area (Å²) in [5, 5.41) is 11.8. The van der Waals surface area contributed by atoms with Crippen LogP contribution in [0.25, 0.3) is 10.1 Å². The predicted molar refractivity (Wildman–Crippen MR) is 86.4 cm³/mol. The van der Waals surface area contributed by atoms with E-state index in [0.29, 0.717) is 4.88 Å². The van der Waals surface area contributed by atoms with E-state index in [1.54, 1.807) is 6.07 Å². The summed E-state index contributed by atoms with van der Waals surface area (Å²) in [5.74, 6) is -0.306. The first-order valence-electron chi connectivity index (χ1n) is 6.61. The molecule has 3 rings (SSSR count). The van der Waals surface area contributed by atoms with Crippen LogP contribution in [-0.2, 0) is 0 Å². The highest BCUT2D eigenvalue weighted by atomic mass is 32.1. The lowest BCUT2D eigenvalue weighted by molar-refractivity contribution is -0.384. The summed E-state index contributed by atoms with van der Waals surface area (Å²) in [5.41, 5.74) is -0.176. The molecule has 0 aliphatic carbocycles. The van der Waals surface area contributed by atoms with E-state index in [9.17, 15) is 14.9 Å². The molecule has 3 aromatic rings. The molecule has 0 saturated carbocycles. The molecule has 0 atom stereocenters. The second kappa shape index (κ2) is 6.05. The van der Waals surface area contributed by atoms with Crippen LogP contribution in [0, 0.1) is 10.1 Å². The fraction of sp³-hybridized carbons (Fsp3) is 0.0625. The number of hydrogen-bond donors (Lipinski definition) is 0. The summed E-state index contributed by atoms with van der Waals surface area (Å²) in [6, 6.07) is 13.2. The summed E-state index contributed by atoms with van der Waals surface area (Å²) in [6.07, 6.45) is 0. The number of rotatable bonds is 4. The number of benzene rings is 2. The summed E-state index contributed by atoms with van der Waals surface area (Å²) in [6.45, 7) is 0. The maximum absolute atomic E-state index is 12.3. The molecule has 0 N–H and O–H groups in total. The van der Waals surface area contributed by atoms with Crippen LogP contribution < -0.4 is 9.47 Å². The number of fused-ring (bicyclic) bond motifs is 1. The lowest BCUT2D eigenvalue weighted by atomic mass is 10.2. The molecule has 1 heterocycles. The molecule has 0 bridgehead atoms. The van der Waals surface area contributed by atoms with E-state index in [1.165, 1.54) is 36.6 Å². The van der Waals surface area contributed by atoms with E-state index in [2.05, 4.69) is 0 Å². The number of nitrogens with zero attached hydrogens (tertiary/aromatic N) is 1. The third-order valence-corrected chi connectivity index (χ3v) is 4.28. The van der Waals surface area contributed by atoms with Crippen LogP contribution in [0.15, 0.2) is 48.5 Å². The Bertz CT molecular complexity index is 869. The molecule has 0 fully saturated rings. The van der Waals surface area contributed by atoms with Crippen LogP contribution in [0.3, 0.4) is 0 Å². The third-order valence-electron chi connectivity index (χ3n) is 3.19. The third kappa shape index (κ3) is 3.00. The molecular weight excluding hydrogens is 318 g/mol. The molecular formula is C16H11NO5S. The van der Waals surface area contributed by atoms with Crippen LogP contribution in [0.1, 0.15) is 9.67 Å². The van der Waals surface area contributed by atoms with Crippen LogP contribution in [0.2, 0.25) is 0 Å². The number of non-ortho nitro benzene ring substituents is 1. The van der Waals surface area contributed by atoms with E-state index in [-0.39, 0.29) is 17.2 Å². The predicted octanol–water partition coefficient (Wildman–Crippen LogP) is 4.04. The first kappa shape index (κ1) is 15.0. The molecule has 116 valence electrons. The van der Waals surface area contributed by atoms with Gasteiger partial charge in [-0.3, -0.25) is 10.1 Å². The Balaban J connectivity index is 1.92. The Labute approximate surface area is 135 Å². The van der Waals surface area contributed by atoms with Crippen molar-refractivity contribution in [1.82, 2.24) is 0 Å². The average molecular weight is 329 g/mol. The molecule has 0 saturated heterocycles. The van der Waals surface area contributed by atoms with Crippen molar-refractivity contribution in [3.63, 3.8) is 0 Å². The molecule has 0 amide bonds. The Morgan fingerprint density at radius 3 is 2.61 bits per heavy atom. The Hall–Kier alpha value is -2.93. The van der Waals surface area contributed by atoms with Gasteiger partial charge in [0.1, 0.15) is 4.88 Å². The monoisotopic (exact) mass is 329 g/mol. The number of methoxy groups -OCH3 is 1. The van der Waals surface area contributed by atoms with Gasteiger partial charge in [-0.1, -0.05) is 18.2 Å². The minimum absolute atomic E-state index is 0.0177. The van der Waals surface area contributed by atoms with Crippen LogP contribution in [0.5, 0.6) is 11.5 Å². The number of esters is 1. The maximum Gasteiger partial charge on any atom is 0.353 e. The van der Waals surface area contributed by atoms with Gasteiger partial charge in [0.25, 0.3) is 5.69 Å². The van der Waals surface area contributed by atoms with Gasteiger partial charge in [0.2, 0.25) is 0 Å². The number of carbonyl (C=O) groups excluding carboxylic acids is 1. The lowest BCUT2D eigenvalue weighted by Crippen LogP contribution is -2.07. The van der Waals surface area contributed by atoms with Gasteiger partial charge in [0.15, 0.2) is 11.5 Å². The van der Waals surface area contributed by atoms with Crippen molar-refractivity contribution in [2.24, 2.45) is 0 Å². The minimum Gasteiger partial charge on any atom is -0.493 e. The zero-order valence-corrected chi connectivity index (χ0v) is 12.8. The van der Waals surface area contributed by atoms with Crippen LogP contribution in [0.4, 0.5) is 5.69 Å². The largest absolute Gasteiger partial charge is 0.493 e. The van der Waals surface area contributed by atoms with Crippen molar-refractivity contribution in [2.75, 3.05) is 7.11 Å². The molecule has 1 aromatic heterocycles. The van der Waals surface area contributed by atoms with Crippen molar-refractivity contribution >= 4 is 33.1 Å². The molecule has 23 heavy (non-hydrogen) atoms. The van der Waals surface area contributed by atoms with E-state index >= 15 is 0 Å². The zero-order chi connectivity index (χ0) is 16.4. The number of thiophene rings is 1. The quantitative estimate of drug-likeness (QED) is 0.312. The highest BCUT2D eigenvalue weighted by Crippen LogP contribution is 2.33. The lowest BCUT2D eigenvalue weighted by Gasteiger charge is -2.07. The van der Waals surface area contributed by atoms with Gasteiger partial charge in [-0.15, -0.1) is 11.3 Å². The topological polar surface area (TPSA) is 78.7 Å². The first-order chi connectivity index (χ1) is 11.1. The number of nitro groups is 1. The summed E-state index contributed by atoms with van der Waals surface area (Å²) in [7, 11) is 1.40. The van der Waals surface area contributed by atoms with Crippen molar-refractivity contribution in [1.29, 1.82) is 0 Å². The van der Waals surface area contributed by atoms with Crippen molar-refractivity contribution in [3.05, 3.63) is 63.5 Å². The summed E-state index contributed by atoms with van der Waals surface area (Å²) >= 11 is 1.30. The Kier molecular flexibility index (Phi) is 3.94. The fourth-order valence-corrected chi connectivity index (χ4v) is 3.03. The van der Waals surface area contributed by atoms with Crippen LogP contribution in [-0.4, -0.2) is 18.0 Å². The minimum atomic E-state index is -0.579. The SMILES string of the molecule is COc1ccc([N+](=O)[O-])cc1OC(=O)c1cc2ccccc2s1. The fourth-order valence-electron chi connectivity index (χ4n) is 2.09. The highest BCUT2D eigenvalue weighted by molar-refractivity contribution is 7.20. The molecule has 0 aliphatic rings. The van der Waals surface area contributed by atoms with Gasteiger partial charge >= 0.3 is 5.97 Å². The van der Waals surface area contributed by atoms with E-state index in [4.69, 9.17) is 9.47 Å². The molecule has 2 aromatic carbocycles. The maximum atomic E-state index is 12.3. The molecule has 0 spiro atoms. The normalized spacial score (nSPS) is 10.5. The molecule has 7 heteroatoms. The van der Waals surface area contributed by atoms with Gasteiger partial charge in [-0.2, -0.15) is 0 Å². The van der Waals surface area contributed by atoms with Gasteiger partial charge in [-0.05, 0) is 23.6 Å². The Morgan fingerprint density at radius 2 is 1.91 bits per heavy atom. The first-order valence-corrected chi connectivity index (χ1v) is 7.43. The number of carbonyl (C=O) groups is 1. The Morgan fingerprint density at radius 1 is 1.13 bits per heavy atom. The zero-order valence-electron chi connectivity index (χ0n) is 12.0. The molecule has 6 nitrogen and oxygen atoms in total. The van der Waals surface area contributed by atoms with E-state index in [0.717, 1.165) is 10.1 Å². The van der Waals surface area contributed by atoms with Crippen LogP contribution >= 0.6 is 11.3 Å². The van der Waals surface area contributed by atoms with E-state index in [1.807, 2.05) is 24.3 Å². The van der Waals surface area contributed by atoms with E-state index < -0.39 is 10.9 Å². The second-order valence-electron chi connectivity index (χ2n) is 4.63. The average Bonchev–Trinajstić information content (AvgIpc) is 2.99. The van der Waals surface area contributed by atoms with Crippen molar-refractivity contribution in [3.8, 4) is 11.5 Å². The van der Waals surface area contributed by atoms with Gasteiger partial charge in [-0.25, -0.2) is 4.79 Å². The molecule has 0 unspecified atom stereocenters. The summed E-state index contributed by atoms with van der Waals surface area (Å²) in [4.78, 5) is 23.0. The number of ether oxygens (including phenoxy) is 2. The van der Waals surface area contributed by atoms with Gasteiger partial charge in [0.05, 0.1) is 18.1 Å². The number of nitro benzene ring substituents is 1. The standard InChI is InChI=1S/C16H11NO5S/c1-21-12-7-6-11(17(19)20)9-13(12)22-16(18)15-8-10-4-2-3-5-14(10)23-15/h2-9H,1H3. The molecule has 0 radical (unpaired) electrons. The van der Waals surface area contributed by atoms with Gasteiger partial charge in [0, 0.05) is 10.8 Å². The smallest absolute Gasteiger partial charge is 0.353 e. The number of hydrogen-bond acceptors (Lipinski definition) is 6. The highest BCUT2D eigenvalue weighted by Gasteiger charge is 2.18. The second-order valence-corrected chi connectivity index (χ2v) is 5.71. The summed E-state index contributed by atoms with van der Waals surface area (Å²) < 4.78 is 11.3.